The van der Waals surface area contributed by atoms with Crippen molar-refractivity contribution in [1.29, 1.82) is 0 Å². The first-order valence-corrected chi connectivity index (χ1v) is 7.24. The molecule has 4 N–H and O–H groups in total. The molecular weight excluding hydrogens is 302 g/mol. The van der Waals surface area contributed by atoms with Crippen molar-refractivity contribution < 1.29 is 4.79 Å². The fraction of sp³-hybridized carbons (Fsp3) is 0.267. The van der Waals surface area contributed by atoms with Gasteiger partial charge in [-0.1, -0.05) is 23.7 Å². The van der Waals surface area contributed by atoms with Gasteiger partial charge >= 0.3 is 0 Å². The Labute approximate surface area is 134 Å². The molecule has 0 saturated carbocycles. The van der Waals surface area contributed by atoms with Gasteiger partial charge in [-0.05, 0) is 26.0 Å². The summed E-state index contributed by atoms with van der Waals surface area (Å²) in [5, 5.41) is 6.24. The Bertz CT molecular complexity index is 664. The summed E-state index contributed by atoms with van der Waals surface area (Å²) >= 11 is 6.12. The average Bonchev–Trinajstić information content (AvgIpc) is 2.60. The zero-order valence-electron chi connectivity index (χ0n) is 12.4. The van der Waals surface area contributed by atoms with Gasteiger partial charge in [-0.25, -0.2) is 4.99 Å². The number of halogens is 1. The highest BCUT2D eigenvalue weighted by Crippen LogP contribution is 2.20. The van der Waals surface area contributed by atoms with Crippen LogP contribution in [0.3, 0.4) is 0 Å². The van der Waals surface area contributed by atoms with Crippen molar-refractivity contribution in [3.8, 4) is 0 Å². The summed E-state index contributed by atoms with van der Waals surface area (Å²) in [6, 6.07) is 7.16. The normalized spacial score (nSPS) is 14.6. The van der Waals surface area contributed by atoms with Crippen LogP contribution in [0.5, 0.6) is 0 Å². The van der Waals surface area contributed by atoms with Gasteiger partial charge in [0, 0.05) is 12.3 Å². The van der Waals surface area contributed by atoms with Gasteiger partial charge in [0.05, 0.1) is 17.8 Å². The monoisotopic (exact) mass is 319 g/mol. The molecule has 0 fully saturated rings. The van der Waals surface area contributed by atoms with Crippen LogP contribution in [0, 0.1) is 0 Å². The van der Waals surface area contributed by atoms with E-state index in [-0.39, 0.29) is 18.5 Å². The number of amides is 1. The zero-order valence-corrected chi connectivity index (χ0v) is 13.2. The third-order valence-corrected chi connectivity index (χ3v) is 3.06. The van der Waals surface area contributed by atoms with Gasteiger partial charge < -0.3 is 16.4 Å². The van der Waals surface area contributed by atoms with Crippen LogP contribution in [-0.2, 0) is 0 Å². The maximum absolute atomic E-state index is 12.2. The summed E-state index contributed by atoms with van der Waals surface area (Å²) in [7, 11) is 0. The lowest BCUT2D eigenvalue weighted by Gasteiger charge is -2.14. The van der Waals surface area contributed by atoms with E-state index in [0.717, 1.165) is 0 Å². The van der Waals surface area contributed by atoms with Crippen molar-refractivity contribution in [2.45, 2.75) is 19.9 Å². The highest BCUT2D eigenvalue weighted by molar-refractivity contribution is 6.40. The molecule has 1 aliphatic heterocycles. The van der Waals surface area contributed by atoms with Gasteiger partial charge in [0.2, 0.25) is 0 Å². The van der Waals surface area contributed by atoms with E-state index in [9.17, 15) is 4.79 Å². The third-order valence-electron chi connectivity index (χ3n) is 2.78. The summed E-state index contributed by atoms with van der Waals surface area (Å²) in [5.41, 5.74) is 6.83. The highest BCUT2D eigenvalue weighted by Gasteiger charge is 2.14. The highest BCUT2D eigenvalue weighted by atomic mass is 35.5. The lowest BCUT2D eigenvalue weighted by molar-refractivity contribution is 0.0944. The Kier molecular flexibility index (Phi) is 5.16. The number of carbonyl (C=O) groups is 1. The molecule has 1 aliphatic rings. The minimum Gasteiger partial charge on any atom is -0.386 e. The molecule has 0 saturated heterocycles. The number of hydrogen-bond acceptors (Lipinski definition) is 5. The molecule has 0 spiro atoms. The molecule has 6 nitrogen and oxygen atoms in total. The fourth-order valence-corrected chi connectivity index (χ4v) is 2.02. The Hall–Kier alpha value is -2.34. The molecule has 1 amide bonds. The van der Waals surface area contributed by atoms with Gasteiger partial charge in [0.15, 0.2) is 5.82 Å². The predicted molar refractivity (Wildman–Crippen MR) is 90.5 cm³/mol. The van der Waals surface area contributed by atoms with E-state index in [2.05, 4.69) is 20.6 Å². The van der Waals surface area contributed by atoms with Crippen LogP contribution in [0.4, 0.5) is 5.69 Å². The minimum atomic E-state index is -0.172. The molecule has 1 aromatic carbocycles. The molecule has 0 unspecified atom stereocenters. The van der Waals surface area contributed by atoms with Crippen LogP contribution in [-0.4, -0.2) is 30.5 Å². The van der Waals surface area contributed by atoms with E-state index >= 15 is 0 Å². The topological polar surface area (TPSA) is 91.9 Å². The lowest BCUT2D eigenvalue weighted by Crippen LogP contribution is -2.30. The van der Waals surface area contributed by atoms with Gasteiger partial charge in [-0.15, -0.1) is 0 Å². The Balaban J connectivity index is 2.32. The molecule has 22 heavy (non-hydrogen) atoms. The summed E-state index contributed by atoms with van der Waals surface area (Å²) < 4.78 is 0. The number of carbonyl (C=O) groups excluding carboxylic acids is 1. The number of nitrogens with zero attached hydrogens (tertiary/aromatic N) is 2. The molecule has 0 aromatic heterocycles. The van der Waals surface area contributed by atoms with Gasteiger partial charge in [-0.3, -0.25) is 9.79 Å². The molecular formula is C15H18ClN5O. The molecule has 0 atom stereocenters. The summed E-state index contributed by atoms with van der Waals surface area (Å²) in [6.07, 6.45) is 1.49. The molecule has 0 aliphatic carbocycles. The van der Waals surface area contributed by atoms with Crippen molar-refractivity contribution in [2.24, 2.45) is 15.7 Å². The maximum Gasteiger partial charge on any atom is 0.253 e. The molecule has 2 rings (SSSR count). The number of amidine groups is 1. The first-order chi connectivity index (χ1) is 10.5. The second-order valence-electron chi connectivity index (χ2n) is 5.07. The first-order valence-electron chi connectivity index (χ1n) is 6.87. The summed E-state index contributed by atoms with van der Waals surface area (Å²) in [5.74, 6) is 0.540. The molecule has 1 heterocycles. The quantitative estimate of drug-likeness (QED) is 0.793. The van der Waals surface area contributed by atoms with Crippen LogP contribution in [0.15, 0.2) is 45.1 Å². The smallest absolute Gasteiger partial charge is 0.253 e. The van der Waals surface area contributed by atoms with E-state index < -0.39 is 0 Å². The van der Waals surface area contributed by atoms with E-state index in [1.54, 1.807) is 18.2 Å². The number of rotatable bonds is 4. The van der Waals surface area contributed by atoms with Crippen molar-refractivity contribution in [3.05, 3.63) is 40.7 Å². The van der Waals surface area contributed by atoms with Gasteiger partial charge in [-0.2, -0.15) is 0 Å². The standard InChI is InChI=1S/C15H18ClN5O/c1-9(2)19-15(22)10-5-3-4-6-12(10)20-14-11(16)7-18-8-13(17)21-14/h3-7,9,20H,8H2,1-2H3,(H2,17,21)(H,19,22). The second kappa shape index (κ2) is 7.09. The number of allylic oxidation sites excluding steroid dienone is 1. The average molecular weight is 320 g/mol. The van der Waals surface area contributed by atoms with Crippen LogP contribution in [0.1, 0.15) is 24.2 Å². The van der Waals surface area contributed by atoms with Crippen molar-refractivity contribution in [1.82, 2.24) is 5.32 Å². The van der Waals surface area contributed by atoms with Crippen LogP contribution in [0.2, 0.25) is 0 Å². The van der Waals surface area contributed by atoms with Crippen LogP contribution in [0.25, 0.3) is 0 Å². The Morgan fingerprint density at radius 3 is 2.82 bits per heavy atom. The van der Waals surface area contributed by atoms with Crippen LogP contribution >= 0.6 is 11.6 Å². The first kappa shape index (κ1) is 16.0. The summed E-state index contributed by atoms with van der Waals surface area (Å²) in [6.45, 7) is 4.09. The van der Waals surface area contributed by atoms with E-state index in [1.165, 1.54) is 6.21 Å². The Morgan fingerprint density at radius 2 is 2.09 bits per heavy atom. The predicted octanol–water partition coefficient (Wildman–Crippen LogP) is 2.09. The number of aliphatic imine (C=N–C) groups is 2. The lowest BCUT2D eigenvalue weighted by atomic mass is 10.1. The molecule has 0 radical (unpaired) electrons. The van der Waals surface area contributed by atoms with Crippen LogP contribution < -0.4 is 16.4 Å². The molecule has 0 bridgehead atoms. The largest absolute Gasteiger partial charge is 0.386 e. The van der Waals surface area contributed by atoms with E-state index in [1.807, 2.05) is 19.9 Å². The third kappa shape index (κ3) is 4.08. The van der Waals surface area contributed by atoms with Gasteiger partial charge in [0.25, 0.3) is 5.91 Å². The molecule has 116 valence electrons. The summed E-state index contributed by atoms with van der Waals surface area (Å²) in [4.78, 5) is 20.5. The zero-order chi connectivity index (χ0) is 16.1. The molecule has 7 heteroatoms. The minimum absolute atomic E-state index is 0.0436. The van der Waals surface area contributed by atoms with E-state index in [0.29, 0.717) is 27.9 Å². The number of nitrogens with two attached hydrogens (primary N) is 1. The van der Waals surface area contributed by atoms with E-state index in [4.69, 9.17) is 17.3 Å². The van der Waals surface area contributed by atoms with Gasteiger partial charge in [0.1, 0.15) is 10.9 Å². The second-order valence-corrected chi connectivity index (χ2v) is 5.48. The number of anilines is 1. The van der Waals surface area contributed by atoms with Crippen molar-refractivity contribution in [2.75, 3.05) is 11.9 Å². The number of para-hydroxylation sites is 1. The Morgan fingerprint density at radius 1 is 1.36 bits per heavy atom. The molecule has 1 aromatic rings. The van der Waals surface area contributed by atoms with Crippen molar-refractivity contribution in [3.63, 3.8) is 0 Å². The number of nitrogens with one attached hydrogen (secondary N) is 2. The SMILES string of the molecule is CC(C)NC(=O)c1ccccc1NC1=C(Cl)C=NCC(N)=N1. The number of benzene rings is 1. The van der Waals surface area contributed by atoms with Crippen molar-refractivity contribution >= 4 is 35.2 Å². The fourth-order valence-electron chi connectivity index (χ4n) is 1.86. The number of hydrogen-bond donors (Lipinski definition) is 3. The maximum atomic E-state index is 12.2.